The highest BCUT2D eigenvalue weighted by Gasteiger charge is 2.33. The summed E-state index contributed by atoms with van der Waals surface area (Å²) in [7, 11) is 0. The summed E-state index contributed by atoms with van der Waals surface area (Å²) in [6.07, 6.45) is 3.74. The molecule has 4 heteroatoms. The largest absolute Gasteiger partial charge is 0.348 e. The van der Waals surface area contributed by atoms with Gasteiger partial charge in [-0.05, 0) is 35.8 Å². The molecule has 1 aliphatic carbocycles. The number of amides is 1. The van der Waals surface area contributed by atoms with Gasteiger partial charge >= 0.3 is 0 Å². The summed E-state index contributed by atoms with van der Waals surface area (Å²) < 4.78 is 0. The Kier molecular flexibility index (Phi) is 6.24. The number of fused-ring (bicyclic) bond motifs is 1. The van der Waals surface area contributed by atoms with Crippen molar-refractivity contribution in [3.8, 4) is 0 Å². The zero-order valence-electron chi connectivity index (χ0n) is 13.2. The van der Waals surface area contributed by atoms with Gasteiger partial charge in [0.05, 0.1) is 12.1 Å². The first-order chi connectivity index (χ1) is 9.45. The van der Waals surface area contributed by atoms with E-state index in [4.69, 9.17) is 5.73 Å². The minimum atomic E-state index is -0.387. The number of carbonyl (C=O) groups excluding carboxylic acids is 1. The summed E-state index contributed by atoms with van der Waals surface area (Å²) >= 11 is 0. The average Bonchev–Trinajstić information content (AvgIpc) is 2.42. The van der Waals surface area contributed by atoms with Gasteiger partial charge in [-0.3, -0.25) is 4.79 Å². The fraction of sp³-hybridized carbons (Fsp3) is 0.588. The molecule has 1 amide bonds. The lowest BCUT2D eigenvalue weighted by molar-refractivity contribution is -0.123. The molecule has 0 fully saturated rings. The molecule has 2 unspecified atom stereocenters. The lowest BCUT2D eigenvalue weighted by atomic mass is 9.71. The van der Waals surface area contributed by atoms with Crippen LogP contribution in [0.2, 0.25) is 0 Å². The minimum absolute atomic E-state index is 0. The summed E-state index contributed by atoms with van der Waals surface area (Å²) in [5.74, 6) is -0.0219. The summed E-state index contributed by atoms with van der Waals surface area (Å²) in [6.45, 7) is 6.59. The molecule has 0 saturated heterocycles. The van der Waals surface area contributed by atoms with Crippen molar-refractivity contribution in [2.24, 2.45) is 5.73 Å². The third-order valence-electron chi connectivity index (χ3n) is 4.38. The summed E-state index contributed by atoms with van der Waals surface area (Å²) in [5, 5.41) is 3.13. The van der Waals surface area contributed by atoms with E-state index in [2.05, 4.69) is 37.4 Å². The molecule has 0 bridgehead atoms. The predicted molar refractivity (Wildman–Crippen MR) is 89.7 cm³/mol. The Bertz CT molecular complexity index is 487. The first-order valence-corrected chi connectivity index (χ1v) is 7.61. The molecule has 0 aliphatic heterocycles. The van der Waals surface area contributed by atoms with Crippen molar-refractivity contribution in [3.05, 3.63) is 35.4 Å². The van der Waals surface area contributed by atoms with E-state index in [9.17, 15) is 4.79 Å². The molecule has 2 atom stereocenters. The highest BCUT2D eigenvalue weighted by molar-refractivity contribution is 5.85. The van der Waals surface area contributed by atoms with Crippen LogP contribution in [0.5, 0.6) is 0 Å². The molecule has 1 aromatic rings. The van der Waals surface area contributed by atoms with Gasteiger partial charge in [0.15, 0.2) is 0 Å². The van der Waals surface area contributed by atoms with Crippen LogP contribution >= 0.6 is 12.4 Å². The van der Waals surface area contributed by atoms with Crippen molar-refractivity contribution in [2.75, 3.05) is 0 Å². The van der Waals surface area contributed by atoms with E-state index in [0.717, 1.165) is 25.7 Å². The summed E-state index contributed by atoms with van der Waals surface area (Å²) in [6, 6.07) is 8.15. The van der Waals surface area contributed by atoms with Crippen molar-refractivity contribution in [1.82, 2.24) is 5.32 Å². The minimum Gasteiger partial charge on any atom is -0.348 e. The molecule has 118 valence electrons. The Hall–Kier alpha value is -1.06. The monoisotopic (exact) mass is 310 g/mol. The molecule has 1 aromatic carbocycles. The second-order valence-corrected chi connectivity index (χ2v) is 6.47. The van der Waals surface area contributed by atoms with Crippen molar-refractivity contribution in [1.29, 1.82) is 0 Å². The number of halogens is 1. The van der Waals surface area contributed by atoms with Gasteiger partial charge in [-0.15, -0.1) is 12.4 Å². The summed E-state index contributed by atoms with van der Waals surface area (Å²) in [4.78, 5) is 12.1. The lowest BCUT2D eigenvalue weighted by Crippen LogP contribution is -2.44. The highest BCUT2D eigenvalue weighted by Crippen LogP contribution is 2.41. The molecule has 3 nitrogen and oxygen atoms in total. The fourth-order valence-corrected chi connectivity index (χ4v) is 3.08. The number of carbonyl (C=O) groups is 1. The first-order valence-electron chi connectivity index (χ1n) is 7.61. The Morgan fingerprint density at radius 1 is 1.43 bits per heavy atom. The highest BCUT2D eigenvalue weighted by atomic mass is 35.5. The van der Waals surface area contributed by atoms with E-state index >= 15 is 0 Å². The predicted octanol–water partition coefficient (Wildman–Crippen LogP) is 3.46. The average molecular weight is 311 g/mol. The number of hydrogen-bond donors (Lipinski definition) is 2. The van der Waals surface area contributed by atoms with Crippen molar-refractivity contribution in [2.45, 2.75) is 64.0 Å². The smallest absolute Gasteiger partial charge is 0.237 e. The maximum Gasteiger partial charge on any atom is 0.237 e. The van der Waals surface area contributed by atoms with Crippen LogP contribution in [0.3, 0.4) is 0 Å². The third kappa shape index (κ3) is 3.98. The Balaban J connectivity index is 0.00000220. The van der Waals surface area contributed by atoms with Crippen LogP contribution in [0.25, 0.3) is 0 Å². The van der Waals surface area contributed by atoms with E-state index in [1.807, 2.05) is 13.0 Å². The van der Waals surface area contributed by atoms with Crippen molar-refractivity contribution >= 4 is 18.3 Å². The zero-order chi connectivity index (χ0) is 14.8. The molecule has 0 heterocycles. The van der Waals surface area contributed by atoms with E-state index in [1.54, 1.807) is 0 Å². The molecule has 3 N–H and O–H groups in total. The molecular weight excluding hydrogens is 284 g/mol. The van der Waals surface area contributed by atoms with Crippen LogP contribution in [0, 0.1) is 0 Å². The normalized spacial score (nSPS) is 20.9. The molecule has 0 radical (unpaired) electrons. The van der Waals surface area contributed by atoms with Crippen LogP contribution in [0.15, 0.2) is 24.3 Å². The number of rotatable bonds is 4. The molecule has 21 heavy (non-hydrogen) atoms. The molecule has 1 aliphatic rings. The van der Waals surface area contributed by atoms with Gasteiger partial charge in [0.2, 0.25) is 5.91 Å². The van der Waals surface area contributed by atoms with Gasteiger partial charge in [-0.25, -0.2) is 0 Å². The zero-order valence-corrected chi connectivity index (χ0v) is 14.0. The van der Waals surface area contributed by atoms with Crippen LogP contribution < -0.4 is 11.1 Å². The number of benzene rings is 1. The Morgan fingerprint density at radius 3 is 2.76 bits per heavy atom. The van der Waals surface area contributed by atoms with Gasteiger partial charge in [-0.1, -0.05) is 51.5 Å². The molecule has 2 rings (SSSR count). The second kappa shape index (κ2) is 7.28. The first kappa shape index (κ1) is 18.0. The van der Waals surface area contributed by atoms with Crippen molar-refractivity contribution in [3.63, 3.8) is 0 Å². The number of nitrogens with one attached hydrogen (secondary N) is 1. The molecular formula is C17H27ClN2O. The Labute approximate surface area is 134 Å². The van der Waals surface area contributed by atoms with Gasteiger partial charge < -0.3 is 11.1 Å². The van der Waals surface area contributed by atoms with Gasteiger partial charge in [-0.2, -0.15) is 0 Å². The van der Waals surface area contributed by atoms with Crippen LogP contribution in [0.4, 0.5) is 0 Å². The third-order valence-corrected chi connectivity index (χ3v) is 4.38. The van der Waals surface area contributed by atoms with Crippen LogP contribution in [-0.4, -0.2) is 11.9 Å². The Morgan fingerprint density at radius 2 is 2.10 bits per heavy atom. The van der Waals surface area contributed by atoms with E-state index in [0.29, 0.717) is 0 Å². The lowest BCUT2D eigenvalue weighted by Gasteiger charge is -2.37. The molecule has 0 spiro atoms. The number of hydrogen-bond acceptors (Lipinski definition) is 2. The molecule has 0 aromatic heterocycles. The van der Waals surface area contributed by atoms with Gasteiger partial charge in [0, 0.05) is 0 Å². The fourth-order valence-electron chi connectivity index (χ4n) is 3.08. The van der Waals surface area contributed by atoms with Crippen LogP contribution in [0.1, 0.15) is 63.6 Å². The SMILES string of the molecule is CCCC(N)C(=O)NC1CCC(C)(C)c2ccccc21.Cl. The quantitative estimate of drug-likeness (QED) is 0.894. The topological polar surface area (TPSA) is 55.1 Å². The number of nitrogens with two attached hydrogens (primary N) is 1. The summed E-state index contributed by atoms with van der Waals surface area (Å²) in [5.41, 5.74) is 8.69. The maximum absolute atomic E-state index is 12.1. The standard InChI is InChI=1S/C17H26N2O.ClH/c1-4-7-14(18)16(20)19-15-10-11-17(2,3)13-9-6-5-8-12(13)15;/h5-6,8-9,14-15H,4,7,10-11,18H2,1-3H3,(H,19,20);1H. The van der Waals surface area contributed by atoms with E-state index < -0.39 is 0 Å². The second-order valence-electron chi connectivity index (χ2n) is 6.47. The van der Waals surface area contributed by atoms with E-state index in [1.165, 1.54) is 11.1 Å². The van der Waals surface area contributed by atoms with Gasteiger partial charge in [0.1, 0.15) is 0 Å². The van der Waals surface area contributed by atoms with Crippen molar-refractivity contribution < 1.29 is 4.79 Å². The van der Waals surface area contributed by atoms with Crippen LogP contribution in [-0.2, 0) is 10.2 Å². The van der Waals surface area contributed by atoms with E-state index in [-0.39, 0.29) is 35.8 Å². The molecule has 0 saturated carbocycles. The van der Waals surface area contributed by atoms with Gasteiger partial charge in [0.25, 0.3) is 0 Å². The maximum atomic E-state index is 12.1.